The van der Waals surface area contributed by atoms with E-state index in [9.17, 15) is 39.5 Å². The molecule has 0 saturated carbocycles. The Balaban J connectivity index is 2.56. The Morgan fingerprint density at radius 1 is 0.867 bits per heavy atom. The minimum absolute atomic E-state index is 0.301. The maximum absolute atomic E-state index is 13.1. The van der Waals surface area contributed by atoms with Gasteiger partial charge in [-0.1, -0.05) is 18.2 Å². The minimum atomic E-state index is -5.55. The molecule has 30 heavy (non-hydrogen) atoms. The molecule has 0 aromatic heterocycles. The molecule has 1 atom stereocenters. The van der Waals surface area contributed by atoms with Crippen LogP contribution in [0.4, 0.5) is 0 Å². The summed E-state index contributed by atoms with van der Waals surface area (Å²) in [5, 5.41) is 10.7. The van der Waals surface area contributed by atoms with Crippen molar-refractivity contribution in [3.05, 3.63) is 65.2 Å². The molecule has 1 unspecified atom stereocenters. The van der Waals surface area contributed by atoms with Crippen molar-refractivity contribution in [1.29, 1.82) is 0 Å². The number of sulfone groups is 1. The number of fused-ring (bicyclic) bond motifs is 1. The second kappa shape index (κ2) is 6.92. The lowest BCUT2D eigenvalue weighted by atomic mass is 9.92. The Bertz CT molecular complexity index is 1460. The Morgan fingerprint density at radius 2 is 1.47 bits per heavy atom. The number of rotatable bonds is 4. The molecular weight excluding hydrogens is 460 g/mol. The van der Waals surface area contributed by atoms with E-state index in [2.05, 4.69) is 4.79 Å². The second-order valence-corrected chi connectivity index (χ2v) is 11.0. The maximum atomic E-state index is 13.1. The quantitative estimate of drug-likeness (QED) is 0.322. The average molecular weight is 472 g/mol. The largest absolute Gasteiger partial charge is 0.361 e. The highest BCUT2D eigenvalue weighted by Gasteiger charge is 2.56. The predicted molar refractivity (Wildman–Crippen MR) is 101 cm³/mol. The van der Waals surface area contributed by atoms with Crippen molar-refractivity contribution in [3.63, 3.8) is 0 Å². The summed E-state index contributed by atoms with van der Waals surface area (Å²) in [5.74, 6) is 0. The van der Waals surface area contributed by atoms with Crippen molar-refractivity contribution in [2.24, 2.45) is 0 Å². The third kappa shape index (κ3) is 3.30. The third-order valence-electron chi connectivity index (χ3n) is 4.36. The molecule has 3 N–H and O–H groups in total. The van der Waals surface area contributed by atoms with Crippen LogP contribution in [0.3, 0.4) is 0 Å². The van der Waals surface area contributed by atoms with Gasteiger partial charge in [0.15, 0.2) is 0 Å². The van der Waals surface area contributed by atoms with Gasteiger partial charge in [0.1, 0.15) is 0 Å². The molecular formula is C16H12N2O9S3. The first kappa shape index (κ1) is 22.0. The van der Waals surface area contributed by atoms with Gasteiger partial charge in [-0.05, 0) is 30.3 Å². The molecule has 1 aliphatic carbocycles. The molecule has 0 aliphatic heterocycles. The van der Waals surface area contributed by atoms with E-state index < -0.39 is 61.6 Å². The van der Waals surface area contributed by atoms with E-state index in [1.165, 1.54) is 30.3 Å². The number of hydrogen-bond acceptors (Lipinski definition) is 7. The summed E-state index contributed by atoms with van der Waals surface area (Å²) in [6.45, 7) is 0. The predicted octanol–water partition coefficient (Wildman–Crippen LogP) is 0.497. The molecule has 11 nitrogen and oxygen atoms in total. The van der Waals surface area contributed by atoms with E-state index in [1.54, 1.807) is 0 Å². The zero-order valence-corrected chi connectivity index (χ0v) is 17.1. The van der Waals surface area contributed by atoms with Crippen LogP contribution in [-0.4, -0.2) is 50.0 Å². The first-order chi connectivity index (χ1) is 13.7. The smallest absolute Gasteiger partial charge is 0.346 e. The maximum Gasteiger partial charge on any atom is 0.346 e. The van der Waals surface area contributed by atoms with Crippen LogP contribution >= 0.6 is 0 Å². The van der Waals surface area contributed by atoms with Crippen LogP contribution in [0, 0.1) is 0 Å². The van der Waals surface area contributed by atoms with Crippen molar-refractivity contribution in [1.82, 2.24) is 0 Å². The van der Waals surface area contributed by atoms with E-state index in [0.29, 0.717) is 12.1 Å². The lowest BCUT2D eigenvalue weighted by Crippen LogP contribution is -2.45. The Morgan fingerprint density at radius 3 is 1.97 bits per heavy atom. The molecule has 1 aliphatic rings. The first-order valence-corrected chi connectivity index (χ1v) is 12.2. The van der Waals surface area contributed by atoms with Crippen LogP contribution in [0.2, 0.25) is 0 Å². The van der Waals surface area contributed by atoms with Crippen LogP contribution < -0.4 is 0 Å². The van der Waals surface area contributed by atoms with Gasteiger partial charge in [-0.3, -0.25) is 9.11 Å². The Hall–Kier alpha value is -2.71. The number of aliphatic hydroxyl groups is 1. The van der Waals surface area contributed by atoms with Crippen molar-refractivity contribution in [3.8, 4) is 0 Å². The summed E-state index contributed by atoms with van der Waals surface area (Å²) >= 11 is 0. The number of benzene rings is 2. The highest BCUT2D eigenvalue weighted by molar-refractivity contribution is 7.91. The summed E-state index contributed by atoms with van der Waals surface area (Å²) in [5.41, 5.74) is 6.58. The van der Waals surface area contributed by atoms with E-state index in [1.807, 2.05) is 0 Å². The molecule has 0 radical (unpaired) electrons. The van der Waals surface area contributed by atoms with Gasteiger partial charge in [-0.25, -0.2) is 8.42 Å². The van der Waals surface area contributed by atoms with Crippen LogP contribution in [0.25, 0.3) is 11.6 Å². The highest BCUT2D eigenvalue weighted by Crippen LogP contribution is 2.41. The van der Waals surface area contributed by atoms with Crippen LogP contribution in [0.15, 0.2) is 63.2 Å². The summed E-state index contributed by atoms with van der Waals surface area (Å²) in [7, 11) is -15.1. The molecule has 2 aromatic rings. The van der Waals surface area contributed by atoms with Gasteiger partial charge in [0.05, 0.1) is 14.7 Å². The van der Waals surface area contributed by atoms with Crippen molar-refractivity contribution in [2.45, 2.75) is 19.6 Å². The standard InChI is InChI=1S/C16H12N2O9S3/c17-18-15-7-6-12-13(16(15,19)30(25,26)27)8-11(29(22,23)24)9-14(12)28(20,21)10-4-2-1-3-5-10/h1-9,19H,(H,22,23,24)(H,25,26,27). The average Bonchev–Trinajstić information content (AvgIpc) is 2.66. The van der Waals surface area contributed by atoms with E-state index >= 15 is 0 Å². The van der Waals surface area contributed by atoms with Crippen molar-refractivity contribution < 1.29 is 44.3 Å². The van der Waals surface area contributed by atoms with Crippen LogP contribution in [0.1, 0.15) is 11.1 Å². The molecule has 158 valence electrons. The van der Waals surface area contributed by atoms with Gasteiger partial charge in [0.25, 0.3) is 10.1 Å². The lowest BCUT2D eigenvalue weighted by molar-refractivity contribution is -0.0253. The SMILES string of the molecule is [N-]=[N+]=C1C=Cc2c(cc(S(=O)(=O)O)cc2S(=O)(=O)c2ccccc2)C1(O)S(=O)(=O)O. The third-order valence-corrected chi connectivity index (χ3v) is 8.17. The van der Waals surface area contributed by atoms with Crippen molar-refractivity contribution >= 4 is 41.9 Å². The molecule has 14 heteroatoms. The van der Waals surface area contributed by atoms with Gasteiger partial charge in [-0.2, -0.15) is 21.6 Å². The van der Waals surface area contributed by atoms with E-state index in [0.717, 1.165) is 12.2 Å². The van der Waals surface area contributed by atoms with Crippen LogP contribution in [-0.2, 0) is 35.0 Å². The summed E-state index contributed by atoms with van der Waals surface area (Å²) in [4.78, 5) is -3.10. The van der Waals surface area contributed by atoms with Gasteiger partial charge in [0.2, 0.25) is 9.84 Å². The molecule has 0 amide bonds. The molecule has 0 heterocycles. The molecule has 3 rings (SSSR count). The molecule has 0 spiro atoms. The number of hydrogen-bond donors (Lipinski definition) is 3. The van der Waals surface area contributed by atoms with E-state index in [4.69, 9.17) is 5.53 Å². The Labute approximate surface area is 171 Å². The van der Waals surface area contributed by atoms with Gasteiger partial charge < -0.3 is 10.6 Å². The van der Waals surface area contributed by atoms with E-state index in [-0.39, 0.29) is 4.90 Å². The second-order valence-electron chi connectivity index (χ2n) is 6.11. The topological polar surface area (TPSA) is 200 Å². The normalized spacial score (nSPS) is 19.2. The molecule has 0 saturated heterocycles. The summed E-state index contributed by atoms with van der Waals surface area (Å²) in [6, 6.07) is 7.68. The summed E-state index contributed by atoms with van der Waals surface area (Å²) in [6.07, 6.45) is 1.68. The lowest BCUT2D eigenvalue weighted by Gasteiger charge is -2.26. The van der Waals surface area contributed by atoms with Gasteiger partial charge in [0, 0.05) is 17.2 Å². The first-order valence-electron chi connectivity index (χ1n) is 7.80. The fraction of sp³-hybridized carbons (Fsp3) is 0.0625. The zero-order chi connectivity index (χ0) is 22.5. The van der Waals surface area contributed by atoms with Crippen LogP contribution in [0.5, 0.6) is 0 Å². The highest BCUT2D eigenvalue weighted by atomic mass is 32.2. The number of nitrogens with zero attached hydrogens (tertiary/aromatic N) is 2. The fourth-order valence-electron chi connectivity index (χ4n) is 2.94. The van der Waals surface area contributed by atoms with Crippen molar-refractivity contribution in [2.75, 3.05) is 0 Å². The molecule has 0 fully saturated rings. The Kier molecular flexibility index (Phi) is 5.07. The molecule has 2 aromatic carbocycles. The zero-order valence-electron chi connectivity index (χ0n) is 14.6. The summed E-state index contributed by atoms with van der Waals surface area (Å²) < 4.78 is 92.6. The minimum Gasteiger partial charge on any atom is -0.361 e. The van der Waals surface area contributed by atoms with Gasteiger partial charge >= 0.3 is 20.8 Å². The molecule has 0 bridgehead atoms. The fourth-order valence-corrected chi connectivity index (χ4v) is 5.88. The van der Waals surface area contributed by atoms with Gasteiger partial charge in [-0.15, -0.1) is 0 Å². The monoisotopic (exact) mass is 472 g/mol.